The zero-order valence-electron chi connectivity index (χ0n) is 19.1. The highest BCUT2D eigenvalue weighted by Gasteiger charge is 2.34. The maximum Gasteiger partial charge on any atom is 0.289 e. The molecule has 0 radical (unpaired) electrons. The molecule has 0 bridgehead atoms. The predicted molar refractivity (Wildman–Crippen MR) is 132 cm³/mol. The van der Waals surface area contributed by atoms with Gasteiger partial charge in [-0.2, -0.15) is 0 Å². The highest BCUT2D eigenvalue weighted by Crippen LogP contribution is 2.29. The van der Waals surface area contributed by atoms with Gasteiger partial charge in [-0.25, -0.2) is 8.42 Å². The Kier molecular flexibility index (Phi) is 7.42. The quantitative estimate of drug-likeness (QED) is 0.352. The lowest BCUT2D eigenvalue weighted by Gasteiger charge is -2.36. The van der Waals surface area contributed by atoms with Crippen molar-refractivity contribution in [2.75, 3.05) is 37.0 Å². The van der Waals surface area contributed by atoms with Crippen molar-refractivity contribution < 1.29 is 18.1 Å². The molecule has 4 rings (SSSR count). The van der Waals surface area contributed by atoms with E-state index in [0.29, 0.717) is 26.2 Å². The predicted octanol–water partition coefficient (Wildman–Crippen LogP) is 3.13. The first-order valence-electron chi connectivity index (χ1n) is 11.2. The molecule has 9 nitrogen and oxygen atoms in total. The first-order chi connectivity index (χ1) is 16.9. The Morgan fingerprint density at radius 1 is 0.857 bits per heavy atom. The topological polar surface area (TPSA) is 104 Å². The molecule has 182 valence electrons. The zero-order valence-corrected chi connectivity index (χ0v) is 19.9. The Morgan fingerprint density at radius 2 is 1.43 bits per heavy atom. The van der Waals surface area contributed by atoms with E-state index >= 15 is 0 Å². The van der Waals surface area contributed by atoms with Gasteiger partial charge in [0, 0.05) is 38.8 Å². The van der Waals surface area contributed by atoms with Gasteiger partial charge in [0.15, 0.2) is 4.90 Å². The second-order valence-electron chi connectivity index (χ2n) is 8.21. The van der Waals surface area contributed by atoms with Crippen molar-refractivity contribution >= 4 is 27.3 Å². The Balaban J connectivity index is 1.52. The Labute approximate surface area is 204 Å². The van der Waals surface area contributed by atoms with E-state index in [9.17, 15) is 23.3 Å². The van der Waals surface area contributed by atoms with E-state index < -0.39 is 32.1 Å². The lowest BCUT2D eigenvalue weighted by atomic mass is 10.2. The largest absolute Gasteiger partial charge is 0.339 e. The van der Waals surface area contributed by atoms with Gasteiger partial charge in [-0.05, 0) is 23.8 Å². The van der Waals surface area contributed by atoms with Crippen molar-refractivity contribution in [3.63, 3.8) is 0 Å². The summed E-state index contributed by atoms with van der Waals surface area (Å²) in [5.74, 6) is -0.352. The summed E-state index contributed by atoms with van der Waals surface area (Å²) >= 11 is 0. The number of rotatable bonds is 8. The summed E-state index contributed by atoms with van der Waals surface area (Å²) in [7, 11) is -4.38. The molecule has 10 heteroatoms. The summed E-state index contributed by atoms with van der Waals surface area (Å²) < 4.78 is 28.1. The number of hydrogen-bond donors (Lipinski definition) is 0. The number of sulfonamides is 1. The minimum absolute atomic E-state index is 0.265. The van der Waals surface area contributed by atoms with Gasteiger partial charge in [0.1, 0.15) is 6.54 Å². The van der Waals surface area contributed by atoms with Crippen molar-refractivity contribution in [3.8, 4) is 0 Å². The highest BCUT2D eigenvalue weighted by atomic mass is 32.2. The van der Waals surface area contributed by atoms with E-state index in [-0.39, 0.29) is 11.6 Å². The Morgan fingerprint density at radius 3 is 2.06 bits per heavy atom. The average molecular weight is 495 g/mol. The number of hydrogen-bond acceptors (Lipinski definition) is 6. The van der Waals surface area contributed by atoms with E-state index in [1.165, 1.54) is 23.8 Å². The number of carbonyl (C=O) groups is 1. The normalized spacial score (nSPS) is 14.5. The first-order valence-corrected chi connectivity index (χ1v) is 12.7. The van der Waals surface area contributed by atoms with E-state index in [1.54, 1.807) is 35.2 Å². The molecule has 0 unspecified atom stereocenters. The molecular weight excluding hydrogens is 468 g/mol. The number of benzene rings is 3. The molecule has 3 aromatic carbocycles. The van der Waals surface area contributed by atoms with Gasteiger partial charge in [0.2, 0.25) is 5.91 Å². The molecule has 1 fully saturated rings. The van der Waals surface area contributed by atoms with E-state index in [2.05, 4.69) is 17.0 Å². The summed E-state index contributed by atoms with van der Waals surface area (Å²) in [5.41, 5.74) is 0.926. The highest BCUT2D eigenvalue weighted by molar-refractivity contribution is 7.93. The molecule has 0 spiro atoms. The molecule has 1 aliphatic heterocycles. The second kappa shape index (κ2) is 10.7. The molecule has 0 aliphatic carbocycles. The number of nitrogens with zero attached hydrogens (tertiary/aromatic N) is 4. The summed E-state index contributed by atoms with van der Waals surface area (Å²) in [5, 5.41) is 11.5. The van der Waals surface area contributed by atoms with Gasteiger partial charge in [-0.3, -0.25) is 24.1 Å². The fraction of sp³-hybridized carbons (Fsp3) is 0.240. The van der Waals surface area contributed by atoms with Crippen LogP contribution >= 0.6 is 0 Å². The average Bonchev–Trinajstić information content (AvgIpc) is 2.88. The molecule has 0 saturated carbocycles. The summed E-state index contributed by atoms with van der Waals surface area (Å²) in [6, 6.07) is 23.4. The third-order valence-corrected chi connectivity index (χ3v) is 7.75. The minimum atomic E-state index is -4.38. The van der Waals surface area contributed by atoms with Crippen LogP contribution in [-0.4, -0.2) is 61.8 Å². The fourth-order valence-electron chi connectivity index (χ4n) is 4.07. The van der Waals surface area contributed by atoms with Gasteiger partial charge in [0.05, 0.1) is 10.6 Å². The van der Waals surface area contributed by atoms with Crippen molar-refractivity contribution in [1.29, 1.82) is 0 Å². The molecule has 3 aromatic rings. The van der Waals surface area contributed by atoms with Crippen LogP contribution in [0, 0.1) is 10.1 Å². The minimum Gasteiger partial charge on any atom is -0.339 e. The summed E-state index contributed by atoms with van der Waals surface area (Å²) in [6.07, 6.45) is 0. The van der Waals surface area contributed by atoms with Gasteiger partial charge in [0.25, 0.3) is 15.7 Å². The Hall–Kier alpha value is -3.76. The second-order valence-corrected chi connectivity index (χ2v) is 10.0. The van der Waals surface area contributed by atoms with Crippen LogP contribution in [-0.2, 0) is 21.4 Å². The Bertz CT molecular complexity index is 1280. The van der Waals surface area contributed by atoms with Gasteiger partial charge in [-0.15, -0.1) is 0 Å². The fourth-order valence-corrected chi connectivity index (χ4v) is 5.65. The molecule has 1 saturated heterocycles. The van der Waals surface area contributed by atoms with Crippen LogP contribution in [0.15, 0.2) is 89.8 Å². The van der Waals surface area contributed by atoms with Crippen LogP contribution in [0.4, 0.5) is 11.4 Å². The molecule has 0 aromatic heterocycles. The van der Waals surface area contributed by atoms with Crippen LogP contribution in [0.1, 0.15) is 5.56 Å². The number of piperazine rings is 1. The maximum absolute atomic E-state index is 13.6. The van der Waals surface area contributed by atoms with Crippen molar-refractivity contribution in [3.05, 3.63) is 101 Å². The van der Waals surface area contributed by atoms with Crippen LogP contribution in [0.2, 0.25) is 0 Å². The van der Waals surface area contributed by atoms with E-state index in [0.717, 1.165) is 16.9 Å². The lowest BCUT2D eigenvalue weighted by molar-refractivity contribution is -0.387. The van der Waals surface area contributed by atoms with Crippen molar-refractivity contribution in [2.24, 2.45) is 0 Å². The molecule has 35 heavy (non-hydrogen) atoms. The number of anilines is 1. The number of carbonyl (C=O) groups excluding carboxylic acids is 1. The number of nitro benzene ring substituents is 1. The van der Waals surface area contributed by atoms with Crippen LogP contribution in [0.3, 0.4) is 0 Å². The standard InChI is InChI=1S/C25H26N4O5S/c30-25(27-17-15-26(16-18-27)19-21-9-3-1-4-10-21)20-28(22-11-5-2-6-12-22)35(33,34)24-14-8-7-13-23(24)29(31)32/h1-14H,15-20H2. The first kappa shape index (κ1) is 24.4. The van der Waals surface area contributed by atoms with Crippen LogP contribution in [0.5, 0.6) is 0 Å². The van der Waals surface area contributed by atoms with Gasteiger partial charge >= 0.3 is 0 Å². The number of nitro groups is 1. The molecule has 0 atom stereocenters. The van der Waals surface area contributed by atoms with E-state index in [4.69, 9.17) is 0 Å². The molecular formula is C25H26N4O5S. The SMILES string of the molecule is O=C(CN(c1ccccc1)S(=O)(=O)c1ccccc1[N+](=O)[O-])N1CCN(Cc2ccccc2)CC1. The molecule has 1 amide bonds. The number of amides is 1. The van der Waals surface area contributed by atoms with Crippen LogP contribution in [0.25, 0.3) is 0 Å². The third-order valence-electron chi connectivity index (χ3n) is 5.93. The van der Waals surface area contributed by atoms with Gasteiger partial charge in [-0.1, -0.05) is 60.7 Å². The zero-order chi connectivity index (χ0) is 24.8. The van der Waals surface area contributed by atoms with Gasteiger partial charge < -0.3 is 4.90 Å². The van der Waals surface area contributed by atoms with E-state index in [1.807, 2.05) is 18.2 Å². The number of para-hydroxylation sites is 2. The van der Waals surface area contributed by atoms with Crippen molar-refractivity contribution in [2.45, 2.75) is 11.4 Å². The third kappa shape index (κ3) is 5.67. The monoisotopic (exact) mass is 494 g/mol. The van der Waals surface area contributed by atoms with Crippen LogP contribution < -0.4 is 4.31 Å². The summed E-state index contributed by atoms with van der Waals surface area (Å²) in [6.45, 7) is 2.62. The summed E-state index contributed by atoms with van der Waals surface area (Å²) in [4.78, 5) is 27.4. The lowest BCUT2D eigenvalue weighted by Crippen LogP contribution is -2.51. The van der Waals surface area contributed by atoms with Crippen molar-refractivity contribution in [1.82, 2.24) is 9.80 Å². The smallest absolute Gasteiger partial charge is 0.289 e. The maximum atomic E-state index is 13.6. The molecule has 1 heterocycles. The molecule has 0 N–H and O–H groups in total. The molecule has 1 aliphatic rings.